The van der Waals surface area contributed by atoms with Crippen LogP contribution in [-0.2, 0) is 0 Å². The Morgan fingerprint density at radius 2 is 0.800 bits per heavy atom. The Bertz CT molecular complexity index is 623. The molecule has 0 aliphatic rings. The van der Waals surface area contributed by atoms with E-state index < -0.39 is 0 Å². The van der Waals surface area contributed by atoms with Gasteiger partial charge in [-0.15, -0.1) is 0 Å². The van der Waals surface area contributed by atoms with E-state index in [1.54, 1.807) is 24.8 Å². The van der Waals surface area contributed by atoms with Crippen LogP contribution >= 0.6 is 0 Å². The zero-order chi connectivity index (χ0) is 23.9. The molecule has 0 aliphatic heterocycles. The van der Waals surface area contributed by atoms with E-state index >= 15 is 0 Å². The maximum absolute atomic E-state index is 4.11. The first kappa shape index (κ1) is 31.9. The largest absolute Gasteiger partial charge is 0.261 e. The molecule has 0 aliphatic carbocycles. The second kappa shape index (κ2) is 22.5. The van der Waals surface area contributed by atoms with Crippen LogP contribution in [0.1, 0.15) is 75.7 Å². The summed E-state index contributed by atoms with van der Waals surface area (Å²) in [7, 11) is 0. The van der Waals surface area contributed by atoms with Crippen LogP contribution in [0.3, 0.4) is 0 Å². The highest BCUT2D eigenvalue weighted by Gasteiger charge is 1.84. The summed E-state index contributed by atoms with van der Waals surface area (Å²) in [5.74, 6) is 0.829. The zero-order valence-corrected chi connectivity index (χ0v) is 21.1. The molecule has 3 aromatic heterocycles. The van der Waals surface area contributed by atoms with Gasteiger partial charge in [0.15, 0.2) is 0 Å². The zero-order valence-electron chi connectivity index (χ0n) is 21.1. The van der Waals surface area contributed by atoms with Crippen molar-refractivity contribution in [1.82, 2.24) is 29.9 Å². The predicted molar refractivity (Wildman–Crippen MR) is 129 cm³/mol. The molecule has 0 unspecified atom stereocenters. The first-order valence-corrected chi connectivity index (χ1v) is 10.6. The third-order valence-electron chi connectivity index (χ3n) is 2.70. The van der Waals surface area contributed by atoms with Gasteiger partial charge in [0.05, 0.1) is 22.8 Å². The molecular formula is C24H42N6. The molecule has 3 heterocycles. The van der Waals surface area contributed by atoms with Gasteiger partial charge in [-0.1, -0.05) is 41.5 Å². The Morgan fingerprint density at radius 3 is 1.03 bits per heavy atom. The van der Waals surface area contributed by atoms with Crippen molar-refractivity contribution >= 4 is 0 Å². The molecule has 0 spiro atoms. The van der Waals surface area contributed by atoms with Crippen LogP contribution in [0.4, 0.5) is 0 Å². The van der Waals surface area contributed by atoms with E-state index in [1.165, 1.54) is 0 Å². The Labute approximate surface area is 184 Å². The Balaban J connectivity index is -0.000000323. The molecule has 0 bridgehead atoms. The predicted octanol–water partition coefficient (Wildman–Crippen LogP) is 6.36. The first-order valence-electron chi connectivity index (χ1n) is 10.6. The van der Waals surface area contributed by atoms with Gasteiger partial charge in [0.25, 0.3) is 0 Å². The molecule has 0 radical (unpaired) electrons. The lowest BCUT2D eigenvalue weighted by molar-refractivity contribution is 1.03. The van der Waals surface area contributed by atoms with Crippen LogP contribution in [-0.4, -0.2) is 29.9 Å². The summed E-state index contributed by atoms with van der Waals surface area (Å²) in [6.07, 6.45) is 10.6. The molecule has 168 valence electrons. The van der Waals surface area contributed by atoms with Crippen molar-refractivity contribution in [1.29, 1.82) is 0 Å². The minimum atomic E-state index is 0.829. The van der Waals surface area contributed by atoms with Crippen molar-refractivity contribution in [3.8, 4) is 0 Å². The highest BCUT2D eigenvalue weighted by Crippen LogP contribution is 1.90. The van der Waals surface area contributed by atoms with E-state index in [0.29, 0.717) is 0 Å². The van der Waals surface area contributed by atoms with E-state index in [4.69, 9.17) is 0 Å². The number of hydrogen-bond donors (Lipinski definition) is 0. The van der Waals surface area contributed by atoms with E-state index in [-0.39, 0.29) is 0 Å². The standard InChI is InChI=1S/3C6H8N2.3C2H6/c1-5-3-8-6(2)4-7-5;1-5-3-7-4-6(2)8-5;1-5-3-7-6(2)8-4-5;3*1-2/h3*3-4H,1-2H3;3*1-2H3. The smallest absolute Gasteiger partial charge is 0.125 e. The summed E-state index contributed by atoms with van der Waals surface area (Å²) in [5.41, 5.74) is 5.00. The summed E-state index contributed by atoms with van der Waals surface area (Å²) in [6.45, 7) is 23.6. The minimum Gasteiger partial charge on any atom is -0.261 e. The quantitative estimate of drug-likeness (QED) is 0.426. The monoisotopic (exact) mass is 414 g/mol. The molecule has 3 rings (SSSR count). The van der Waals surface area contributed by atoms with Gasteiger partial charge in [-0.05, 0) is 47.1 Å². The molecule has 0 aromatic carbocycles. The molecular weight excluding hydrogens is 372 g/mol. The molecule has 0 saturated heterocycles. The maximum atomic E-state index is 4.11. The van der Waals surface area contributed by atoms with E-state index in [2.05, 4.69) is 29.9 Å². The van der Waals surface area contributed by atoms with Crippen molar-refractivity contribution in [2.45, 2.75) is 83.1 Å². The SMILES string of the molecule is CC.CC.CC.Cc1cnc(C)cn1.Cc1cnc(C)nc1.Cc1cncc(C)n1. The van der Waals surface area contributed by atoms with Crippen molar-refractivity contribution < 1.29 is 0 Å². The average molecular weight is 415 g/mol. The lowest BCUT2D eigenvalue weighted by Crippen LogP contribution is -1.85. The van der Waals surface area contributed by atoms with Crippen LogP contribution < -0.4 is 0 Å². The topological polar surface area (TPSA) is 77.3 Å². The van der Waals surface area contributed by atoms with E-state index in [9.17, 15) is 0 Å². The summed E-state index contributed by atoms with van der Waals surface area (Å²) in [5, 5.41) is 0. The van der Waals surface area contributed by atoms with E-state index in [0.717, 1.165) is 34.2 Å². The normalized spacial score (nSPS) is 8.00. The van der Waals surface area contributed by atoms with E-state index in [1.807, 2.05) is 95.5 Å². The van der Waals surface area contributed by atoms with Gasteiger partial charge in [0.1, 0.15) is 5.82 Å². The number of rotatable bonds is 0. The molecule has 0 amide bonds. The van der Waals surface area contributed by atoms with Crippen molar-refractivity contribution in [2.75, 3.05) is 0 Å². The van der Waals surface area contributed by atoms with Gasteiger partial charge in [-0.25, -0.2) is 9.97 Å². The van der Waals surface area contributed by atoms with Crippen molar-refractivity contribution in [2.24, 2.45) is 0 Å². The lowest BCUT2D eigenvalue weighted by atomic mass is 10.4. The number of aromatic nitrogens is 6. The number of hydrogen-bond acceptors (Lipinski definition) is 6. The fourth-order valence-electron chi connectivity index (χ4n) is 1.50. The van der Waals surface area contributed by atoms with Crippen molar-refractivity contribution in [3.05, 3.63) is 71.3 Å². The highest BCUT2D eigenvalue weighted by molar-refractivity contribution is 5.00. The highest BCUT2D eigenvalue weighted by atomic mass is 14.8. The average Bonchev–Trinajstić information content (AvgIpc) is 2.77. The molecule has 6 heteroatoms. The second-order valence-corrected chi connectivity index (χ2v) is 5.41. The molecule has 3 aromatic rings. The first-order chi connectivity index (χ1) is 14.4. The van der Waals surface area contributed by atoms with Gasteiger partial charge in [-0.3, -0.25) is 19.9 Å². The molecule has 0 fully saturated rings. The molecule has 0 atom stereocenters. The fourth-order valence-corrected chi connectivity index (χ4v) is 1.50. The Morgan fingerprint density at radius 1 is 0.433 bits per heavy atom. The van der Waals surface area contributed by atoms with Crippen LogP contribution in [0, 0.1) is 41.5 Å². The maximum Gasteiger partial charge on any atom is 0.125 e. The van der Waals surface area contributed by atoms with Crippen molar-refractivity contribution in [3.63, 3.8) is 0 Å². The summed E-state index contributed by atoms with van der Waals surface area (Å²) < 4.78 is 0. The fraction of sp³-hybridized carbons (Fsp3) is 0.500. The van der Waals surface area contributed by atoms with Gasteiger partial charge in [-0.2, -0.15) is 0 Å². The summed E-state index contributed by atoms with van der Waals surface area (Å²) in [6, 6.07) is 0. The number of aryl methyl sites for hydroxylation is 6. The summed E-state index contributed by atoms with van der Waals surface area (Å²) in [4.78, 5) is 24.0. The lowest BCUT2D eigenvalue weighted by Gasteiger charge is -1.89. The van der Waals surface area contributed by atoms with Crippen LogP contribution in [0.5, 0.6) is 0 Å². The number of nitrogens with zero attached hydrogens (tertiary/aromatic N) is 6. The van der Waals surface area contributed by atoms with Crippen LogP contribution in [0.2, 0.25) is 0 Å². The third-order valence-corrected chi connectivity index (χ3v) is 2.70. The Hall–Kier alpha value is -2.76. The molecule has 30 heavy (non-hydrogen) atoms. The Kier molecular flexibility index (Phi) is 24.0. The molecule has 0 N–H and O–H groups in total. The van der Waals surface area contributed by atoms with Crippen LogP contribution in [0.15, 0.2) is 37.2 Å². The van der Waals surface area contributed by atoms with Gasteiger partial charge < -0.3 is 0 Å². The molecule has 0 saturated carbocycles. The molecule has 6 nitrogen and oxygen atoms in total. The van der Waals surface area contributed by atoms with Crippen LogP contribution in [0.25, 0.3) is 0 Å². The third kappa shape index (κ3) is 20.0. The second-order valence-electron chi connectivity index (χ2n) is 5.41. The van der Waals surface area contributed by atoms with Gasteiger partial charge in [0, 0.05) is 37.2 Å². The summed E-state index contributed by atoms with van der Waals surface area (Å²) >= 11 is 0. The minimum absolute atomic E-state index is 0.829. The van der Waals surface area contributed by atoms with Gasteiger partial charge >= 0.3 is 0 Å². The van der Waals surface area contributed by atoms with Gasteiger partial charge in [0.2, 0.25) is 0 Å².